The number of imidazole rings is 1. The molecule has 12 heteroatoms. The zero-order chi connectivity index (χ0) is 23.6. The number of carbonyl (C=O) groups excluding carboxylic acids is 1. The van der Waals surface area contributed by atoms with Gasteiger partial charge in [-0.15, -0.1) is 0 Å². The van der Waals surface area contributed by atoms with Gasteiger partial charge in [-0.25, -0.2) is 9.78 Å². The molecule has 1 aliphatic heterocycles. The molecule has 3 heterocycles. The Bertz CT molecular complexity index is 972. The van der Waals surface area contributed by atoms with Crippen LogP contribution in [0.4, 0.5) is 5.82 Å². The van der Waals surface area contributed by atoms with Gasteiger partial charge in [-0.05, 0) is 18.9 Å². The lowest BCUT2D eigenvalue weighted by Gasteiger charge is -2.14. The van der Waals surface area contributed by atoms with Crippen LogP contribution in [0.2, 0.25) is 0 Å². The van der Waals surface area contributed by atoms with Gasteiger partial charge >= 0.3 is 15.4 Å². The van der Waals surface area contributed by atoms with Crippen LogP contribution in [0.5, 0.6) is 0 Å². The maximum atomic E-state index is 12.3. The van der Waals surface area contributed by atoms with Gasteiger partial charge in [-0.1, -0.05) is 17.4 Å². The van der Waals surface area contributed by atoms with Gasteiger partial charge < -0.3 is 25.5 Å². The molecule has 4 N–H and O–H groups in total. The molecule has 0 aromatic carbocycles. The van der Waals surface area contributed by atoms with Crippen LogP contribution in [0, 0.1) is 0 Å². The SMILES string of the molecule is [3H][P+](=O)CC1OC(n2ccc(NCCCCCCNC(=O)Cc3cnc[nH]3)nc2=O)CC1O. The number of aromatic amines is 1. The maximum Gasteiger partial charge on any atom is 0.388 e. The van der Waals surface area contributed by atoms with Crippen LogP contribution in [0.25, 0.3) is 0 Å². The normalized spacial score (nSPS) is 21.2. The van der Waals surface area contributed by atoms with Crippen molar-refractivity contribution < 1.29 is 19.2 Å². The molecule has 0 saturated carbocycles. The molecule has 3 rings (SSSR count). The van der Waals surface area contributed by atoms with Crippen LogP contribution in [0.1, 0.15) is 44.0 Å². The van der Waals surface area contributed by atoms with E-state index in [0.717, 1.165) is 31.4 Å². The van der Waals surface area contributed by atoms with Crippen LogP contribution in [0.3, 0.4) is 0 Å². The summed E-state index contributed by atoms with van der Waals surface area (Å²) < 4.78 is 25.1. The molecule has 0 aliphatic carbocycles. The third-order valence-corrected chi connectivity index (χ3v) is 5.75. The van der Waals surface area contributed by atoms with Gasteiger partial charge in [0.25, 0.3) is 0 Å². The highest BCUT2D eigenvalue weighted by molar-refractivity contribution is 7.23. The zero-order valence-corrected chi connectivity index (χ0v) is 18.7. The molecule has 1 aliphatic rings. The number of anilines is 1. The standard InChI is InChI=1S/C20H29N6O5P/c27-15-10-19(31-16(15)12-32-30)26-8-5-17(25-20(26)29)22-6-3-1-2-4-7-23-18(28)9-14-11-21-13-24-14/h5,8,11,13,15-16,19,27H,1-4,6-7,9-10,12H2,(H,21,24)(H,23,28)(H,22,25,29)/p+1/i/hT. The highest BCUT2D eigenvalue weighted by Crippen LogP contribution is 2.29. The molecule has 4 atom stereocenters. The van der Waals surface area contributed by atoms with Crippen molar-refractivity contribution in [2.75, 3.05) is 24.6 Å². The summed E-state index contributed by atoms with van der Waals surface area (Å²) in [6, 6.07) is 1.67. The van der Waals surface area contributed by atoms with Crippen molar-refractivity contribution in [3.8, 4) is 0 Å². The summed E-state index contributed by atoms with van der Waals surface area (Å²) in [6.45, 7) is 1.30. The van der Waals surface area contributed by atoms with E-state index >= 15 is 0 Å². The van der Waals surface area contributed by atoms with Gasteiger partial charge in [0, 0.05) is 37.6 Å². The Hall–Kier alpha value is -2.62. The summed E-state index contributed by atoms with van der Waals surface area (Å²) in [5, 5.41) is 16.0. The molecule has 1 fully saturated rings. The number of ether oxygens (including phenoxy) is 1. The Morgan fingerprint density at radius 2 is 2.19 bits per heavy atom. The van der Waals surface area contributed by atoms with E-state index in [2.05, 4.69) is 25.6 Å². The number of aromatic nitrogens is 4. The van der Waals surface area contributed by atoms with E-state index in [4.69, 9.17) is 6.02 Å². The molecule has 2 aromatic heterocycles. The molecule has 174 valence electrons. The predicted octanol–water partition coefficient (Wildman–Crippen LogP) is 0.970. The number of rotatable bonds is 13. The fourth-order valence-corrected chi connectivity index (χ4v) is 4.00. The topological polar surface area (TPSA) is 151 Å². The number of aliphatic hydroxyl groups excluding tert-OH is 1. The van der Waals surface area contributed by atoms with Gasteiger partial charge in [-0.2, -0.15) is 4.98 Å². The number of nitrogens with zero attached hydrogens (tertiary/aromatic N) is 3. The Morgan fingerprint density at radius 1 is 1.38 bits per heavy atom. The second-order valence-electron chi connectivity index (χ2n) is 7.69. The van der Waals surface area contributed by atoms with Gasteiger partial charge in [0.15, 0.2) is 6.16 Å². The van der Waals surface area contributed by atoms with Crippen LogP contribution in [-0.2, 0) is 20.5 Å². The number of H-pyrrole nitrogens is 1. The molecular weight excluding hydrogens is 435 g/mol. The average molecular weight is 467 g/mol. The van der Waals surface area contributed by atoms with Gasteiger partial charge in [0.05, 0.1) is 18.9 Å². The fraction of sp³-hybridized carbons (Fsp3) is 0.600. The molecule has 0 radical (unpaired) electrons. The first-order valence-corrected chi connectivity index (χ1v) is 11.8. The highest BCUT2D eigenvalue weighted by Gasteiger charge is 2.37. The highest BCUT2D eigenvalue weighted by atomic mass is 31.1. The van der Waals surface area contributed by atoms with Crippen LogP contribution in [-0.4, -0.2) is 63.3 Å². The lowest BCUT2D eigenvalue weighted by Crippen LogP contribution is -2.27. The first-order chi connectivity index (χ1) is 15.9. The maximum absolute atomic E-state index is 12.3. The number of hydrogen-bond acceptors (Lipinski definition) is 8. The number of nitrogens with one attached hydrogen (secondary N) is 3. The second-order valence-corrected chi connectivity index (χ2v) is 8.31. The summed E-state index contributed by atoms with van der Waals surface area (Å²) >= 11 is 0. The number of aliphatic hydroxyl groups is 1. The van der Waals surface area contributed by atoms with Crippen LogP contribution in [0.15, 0.2) is 29.6 Å². The molecule has 0 bridgehead atoms. The van der Waals surface area contributed by atoms with Crippen LogP contribution >= 0.6 is 8.41 Å². The molecule has 2 aromatic rings. The summed E-state index contributed by atoms with van der Waals surface area (Å²) in [4.78, 5) is 34.9. The van der Waals surface area contributed by atoms with Crippen molar-refractivity contribution >= 4 is 20.1 Å². The Morgan fingerprint density at radius 3 is 2.91 bits per heavy atom. The van der Waals surface area contributed by atoms with Gasteiger partial charge in [-0.3, -0.25) is 9.36 Å². The Labute approximate surface area is 188 Å². The third kappa shape index (κ3) is 7.22. The van der Waals surface area contributed by atoms with E-state index in [1.165, 1.54) is 4.57 Å². The van der Waals surface area contributed by atoms with Gasteiger partial charge in [0.1, 0.15) is 18.1 Å². The molecule has 0 spiro atoms. The van der Waals surface area contributed by atoms with Gasteiger partial charge in [0.2, 0.25) is 5.91 Å². The zero-order valence-electron chi connectivity index (χ0n) is 18.8. The minimum Gasteiger partial charge on any atom is -0.390 e. The third-order valence-electron chi connectivity index (χ3n) is 5.24. The molecular formula is C20H30N6O5P+. The first kappa shape index (κ1) is 22.6. The van der Waals surface area contributed by atoms with E-state index in [1.807, 2.05) is 0 Å². The average Bonchev–Trinajstić information content (AvgIpc) is 3.39. The van der Waals surface area contributed by atoms with E-state index in [9.17, 15) is 19.3 Å². The summed E-state index contributed by atoms with van der Waals surface area (Å²) in [7, 11) is -2.18. The number of amides is 1. The molecule has 1 amide bonds. The van der Waals surface area contributed by atoms with Crippen LogP contribution < -0.4 is 16.3 Å². The second kappa shape index (κ2) is 12.4. The first-order valence-electron chi connectivity index (χ1n) is 11.2. The summed E-state index contributed by atoms with van der Waals surface area (Å²) in [5.41, 5.74) is 0.290. The smallest absolute Gasteiger partial charge is 0.388 e. The van der Waals surface area contributed by atoms with E-state index < -0.39 is 32.5 Å². The van der Waals surface area contributed by atoms with E-state index in [1.54, 1.807) is 24.8 Å². The monoisotopic (exact) mass is 467 g/mol. The lowest BCUT2D eigenvalue weighted by atomic mass is 10.2. The van der Waals surface area contributed by atoms with E-state index in [0.29, 0.717) is 25.3 Å². The molecule has 4 unspecified atom stereocenters. The Kier molecular flexibility index (Phi) is 8.76. The van der Waals surface area contributed by atoms with Crippen molar-refractivity contribution in [2.24, 2.45) is 0 Å². The summed E-state index contributed by atoms with van der Waals surface area (Å²) in [6.07, 6.45) is 6.66. The quantitative estimate of drug-likeness (QED) is 0.251. The number of unbranched alkanes of at least 4 members (excludes halogenated alkanes) is 3. The van der Waals surface area contributed by atoms with Crippen molar-refractivity contribution in [2.45, 2.75) is 57.0 Å². The largest absolute Gasteiger partial charge is 0.390 e. The van der Waals surface area contributed by atoms with E-state index in [-0.39, 0.29) is 18.5 Å². The number of hydrogen-bond donors (Lipinski definition) is 4. The molecule has 1 saturated heterocycles. The van der Waals surface area contributed by atoms with Crippen molar-refractivity contribution in [1.29, 1.82) is 1.28 Å². The Balaban J connectivity index is 1.30. The van der Waals surface area contributed by atoms with Crippen molar-refractivity contribution in [1.82, 2.24) is 24.8 Å². The fourth-order valence-electron chi connectivity index (χ4n) is 3.52. The van der Waals surface area contributed by atoms with Crippen molar-refractivity contribution in [3.63, 3.8) is 0 Å². The predicted molar refractivity (Wildman–Crippen MR) is 119 cm³/mol. The summed E-state index contributed by atoms with van der Waals surface area (Å²) in [5.74, 6) is 0.438. The minimum absolute atomic E-state index is 0.0263. The molecule has 32 heavy (non-hydrogen) atoms. The minimum atomic E-state index is -2.18. The van der Waals surface area contributed by atoms with Crippen molar-refractivity contribution in [3.05, 3.63) is 41.0 Å². The molecule has 11 nitrogen and oxygen atoms in total. The number of carbonyl (C=O) groups is 1. The lowest BCUT2D eigenvalue weighted by molar-refractivity contribution is -0.120.